The summed E-state index contributed by atoms with van der Waals surface area (Å²) in [6, 6.07) is 0. The maximum atomic E-state index is 10.6. The van der Waals surface area contributed by atoms with Gasteiger partial charge in [0.2, 0.25) is 0 Å². The molecular formula is C10H14O. The first-order chi connectivity index (χ1) is 5.16. The van der Waals surface area contributed by atoms with Crippen molar-refractivity contribution in [1.29, 1.82) is 0 Å². The van der Waals surface area contributed by atoms with Crippen LogP contribution < -0.4 is 0 Å². The van der Waals surface area contributed by atoms with Crippen LogP contribution in [0.4, 0.5) is 0 Å². The highest BCUT2D eigenvalue weighted by atomic mass is 16.1. The third kappa shape index (κ3) is 0.741. The molecule has 0 N–H and O–H groups in total. The second-order valence-corrected chi connectivity index (χ2v) is 4.34. The molecule has 0 aromatic heterocycles. The normalized spacial score (nSPS) is 38.9. The van der Waals surface area contributed by atoms with Gasteiger partial charge in [0.15, 0.2) is 0 Å². The van der Waals surface area contributed by atoms with E-state index in [4.69, 9.17) is 0 Å². The van der Waals surface area contributed by atoms with Crippen LogP contribution in [0.15, 0.2) is 11.6 Å². The standard InChI is InChI=1S/C10H14O/c1-10(2)8-3-4-9(10)7(5-8)6-11/h5-6,8-9H,3-4H2,1-2H3. The summed E-state index contributed by atoms with van der Waals surface area (Å²) in [7, 11) is 0. The Morgan fingerprint density at radius 3 is 2.55 bits per heavy atom. The molecule has 1 nitrogen and oxygen atoms in total. The third-order valence-electron chi connectivity index (χ3n) is 3.55. The van der Waals surface area contributed by atoms with Crippen LogP contribution in [0.1, 0.15) is 26.7 Å². The zero-order valence-electron chi connectivity index (χ0n) is 7.13. The van der Waals surface area contributed by atoms with E-state index in [0.29, 0.717) is 17.3 Å². The molecule has 0 radical (unpaired) electrons. The van der Waals surface area contributed by atoms with Gasteiger partial charge in [0.1, 0.15) is 6.29 Å². The van der Waals surface area contributed by atoms with Crippen molar-refractivity contribution in [3.8, 4) is 0 Å². The average Bonchev–Trinajstić information content (AvgIpc) is 2.40. The fraction of sp³-hybridized carbons (Fsp3) is 0.700. The quantitative estimate of drug-likeness (QED) is 0.523. The summed E-state index contributed by atoms with van der Waals surface area (Å²) < 4.78 is 0. The number of aldehydes is 1. The summed E-state index contributed by atoms with van der Waals surface area (Å²) in [5.41, 5.74) is 1.43. The molecule has 0 heterocycles. The van der Waals surface area contributed by atoms with Gasteiger partial charge in [0, 0.05) is 0 Å². The zero-order valence-corrected chi connectivity index (χ0v) is 7.13. The minimum Gasteiger partial charge on any atom is -0.298 e. The van der Waals surface area contributed by atoms with E-state index < -0.39 is 0 Å². The monoisotopic (exact) mass is 150 g/mol. The number of allylic oxidation sites excluding steroid dienone is 2. The SMILES string of the molecule is CC1(C)C2C=C(C=O)C1CC2. The molecule has 1 saturated carbocycles. The smallest absolute Gasteiger partial charge is 0.146 e. The van der Waals surface area contributed by atoms with Crippen molar-refractivity contribution < 1.29 is 4.79 Å². The lowest BCUT2D eigenvalue weighted by atomic mass is 9.80. The lowest BCUT2D eigenvalue weighted by molar-refractivity contribution is -0.105. The van der Waals surface area contributed by atoms with E-state index in [1.165, 1.54) is 12.8 Å². The van der Waals surface area contributed by atoms with Crippen molar-refractivity contribution in [3.05, 3.63) is 11.6 Å². The van der Waals surface area contributed by atoms with Gasteiger partial charge in [0.25, 0.3) is 0 Å². The molecule has 0 amide bonds. The Hall–Kier alpha value is -0.590. The van der Waals surface area contributed by atoms with Gasteiger partial charge < -0.3 is 0 Å². The van der Waals surface area contributed by atoms with E-state index in [1.807, 2.05) is 0 Å². The van der Waals surface area contributed by atoms with E-state index >= 15 is 0 Å². The second-order valence-electron chi connectivity index (χ2n) is 4.34. The Morgan fingerprint density at radius 1 is 1.55 bits per heavy atom. The van der Waals surface area contributed by atoms with Gasteiger partial charge in [-0.25, -0.2) is 0 Å². The van der Waals surface area contributed by atoms with Crippen molar-refractivity contribution >= 4 is 6.29 Å². The first-order valence-electron chi connectivity index (χ1n) is 4.33. The van der Waals surface area contributed by atoms with Crippen LogP contribution in [0.3, 0.4) is 0 Å². The van der Waals surface area contributed by atoms with Gasteiger partial charge in [-0.2, -0.15) is 0 Å². The number of carbonyl (C=O) groups is 1. The Kier molecular flexibility index (Phi) is 1.26. The molecule has 2 atom stereocenters. The Balaban J connectivity index is 2.36. The van der Waals surface area contributed by atoms with Crippen molar-refractivity contribution in [2.45, 2.75) is 26.7 Å². The van der Waals surface area contributed by atoms with Crippen molar-refractivity contribution in [1.82, 2.24) is 0 Å². The molecule has 2 bridgehead atoms. The van der Waals surface area contributed by atoms with E-state index in [2.05, 4.69) is 19.9 Å². The van der Waals surface area contributed by atoms with Crippen molar-refractivity contribution in [3.63, 3.8) is 0 Å². The molecule has 2 aliphatic rings. The maximum Gasteiger partial charge on any atom is 0.146 e. The minimum absolute atomic E-state index is 0.371. The number of fused-ring (bicyclic) bond motifs is 2. The predicted octanol–water partition coefficient (Wildman–Crippen LogP) is 2.18. The summed E-state index contributed by atoms with van der Waals surface area (Å²) in [4.78, 5) is 10.6. The molecule has 0 spiro atoms. The number of carbonyl (C=O) groups excluding carboxylic acids is 1. The number of rotatable bonds is 1. The molecule has 1 fully saturated rings. The molecule has 2 rings (SSSR count). The van der Waals surface area contributed by atoms with Crippen LogP contribution in [-0.4, -0.2) is 6.29 Å². The van der Waals surface area contributed by atoms with Crippen LogP contribution >= 0.6 is 0 Å². The third-order valence-corrected chi connectivity index (χ3v) is 3.55. The molecule has 0 aliphatic heterocycles. The predicted molar refractivity (Wildman–Crippen MR) is 44.1 cm³/mol. The van der Waals surface area contributed by atoms with Crippen molar-refractivity contribution in [2.75, 3.05) is 0 Å². The van der Waals surface area contributed by atoms with Gasteiger partial charge in [-0.05, 0) is 35.7 Å². The van der Waals surface area contributed by atoms with Crippen LogP contribution in [0.25, 0.3) is 0 Å². The summed E-state index contributed by atoms with van der Waals surface area (Å²) in [5.74, 6) is 1.23. The first kappa shape index (κ1) is 7.08. The summed E-state index contributed by atoms with van der Waals surface area (Å²) >= 11 is 0. The van der Waals surface area contributed by atoms with E-state index in [9.17, 15) is 4.79 Å². The van der Waals surface area contributed by atoms with Crippen LogP contribution in [0.5, 0.6) is 0 Å². The van der Waals surface area contributed by atoms with Gasteiger partial charge in [0.05, 0.1) is 0 Å². The fourth-order valence-corrected chi connectivity index (χ4v) is 2.71. The molecule has 2 unspecified atom stereocenters. The largest absolute Gasteiger partial charge is 0.298 e. The second kappa shape index (κ2) is 1.96. The minimum atomic E-state index is 0.371. The Labute approximate surface area is 67.5 Å². The average molecular weight is 150 g/mol. The van der Waals surface area contributed by atoms with Gasteiger partial charge in [-0.15, -0.1) is 0 Å². The highest BCUT2D eigenvalue weighted by Crippen LogP contribution is 2.56. The van der Waals surface area contributed by atoms with Crippen molar-refractivity contribution in [2.24, 2.45) is 17.3 Å². The van der Waals surface area contributed by atoms with E-state index in [1.54, 1.807) is 0 Å². The molecule has 1 heteroatoms. The number of hydrogen-bond donors (Lipinski definition) is 0. The molecule has 0 aromatic carbocycles. The summed E-state index contributed by atoms with van der Waals surface area (Å²) in [6.45, 7) is 4.56. The molecule has 11 heavy (non-hydrogen) atoms. The fourth-order valence-electron chi connectivity index (χ4n) is 2.71. The highest BCUT2D eigenvalue weighted by Gasteiger charge is 2.48. The summed E-state index contributed by atoms with van der Waals surface area (Å²) in [6.07, 6.45) is 5.74. The van der Waals surface area contributed by atoms with Crippen LogP contribution in [-0.2, 0) is 4.79 Å². The molecule has 0 aromatic rings. The zero-order chi connectivity index (χ0) is 8.06. The number of hydrogen-bond acceptors (Lipinski definition) is 1. The Morgan fingerprint density at radius 2 is 2.27 bits per heavy atom. The molecule has 2 aliphatic carbocycles. The van der Waals surface area contributed by atoms with Gasteiger partial charge in [-0.1, -0.05) is 19.9 Å². The topological polar surface area (TPSA) is 17.1 Å². The van der Waals surface area contributed by atoms with Crippen LogP contribution in [0, 0.1) is 17.3 Å². The molecule has 0 saturated heterocycles. The highest BCUT2D eigenvalue weighted by molar-refractivity contribution is 5.76. The maximum absolute atomic E-state index is 10.6. The Bertz CT molecular complexity index is 225. The van der Waals surface area contributed by atoms with Gasteiger partial charge in [-0.3, -0.25) is 4.79 Å². The molecule has 60 valence electrons. The molecular weight excluding hydrogens is 136 g/mol. The van der Waals surface area contributed by atoms with Crippen LogP contribution in [0.2, 0.25) is 0 Å². The van der Waals surface area contributed by atoms with Gasteiger partial charge >= 0.3 is 0 Å². The lowest BCUT2D eigenvalue weighted by Gasteiger charge is -2.24. The van der Waals surface area contributed by atoms with E-state index in [0.717, 1.165) is 11.9 Å². The first-order valence-corrected chi connectivity index (χ1v) is 4.33. The van der Waals surface area contributed by atoms with E-state index in [-0.39, 0.29) is 0 Å². The summed E-state index contributed by atoms with van der Waals surface area (Å²) in [5, 5.41) is 0. The lowest BCUT2D eigenvalue weighted by Crippen LogP contribution is -2.19.